The zero-order valence-electron chi connectivity index (χ0n) is 19.7. The van der Waals surface area contributed by atoms with Crippen LogP contribution in [0.15, 0.2) is 60.6 Å². The van der Waals surface area contributed by atoms with Crippen molar-refractivity contribution in [3.8, 4) is 17.0 Å². The topological polar surface area (TPSA) is 121 Å². The SMILES string of the molecule is CNC1(CCN(C)C)C=CC(Nc2nccc(-c3c[nH]c4c(OC)cccc34)n2)=CC1[N+](=O)[O-]. The maximum absolute atomic E-state index is 12.0. The number of rotatable bonds is 9. The van der Waals surface area contributed by atoms with Crippen molar-refractivity contribution in [3.05, 3.63) is 70.7 Å². The van der Waals surface area contributed by atoms with E-state index in [1.165, 1.54) is 0 Å². The Morgan fingerprint density at radius 1 is 1.32 bits per heavy atom. The average molecular weight is 464 g/mol. The number of nitrogens with zero attached hydrogens (tertiary/aromatic N) is 4. The molecule has 0 saturated carbocycles. The van der Waals surface area contributed by atoms with Crippen LogP contribution in [-0.4, -0.2) is 71.2 Å². The highest BCUT2D eigenvalue weighted by Gasteiger charge is 2.44. The number of likely N-dealkylation sites (N-methyl/N-ethyl adjacent to an activating group) is 1. The van der Waals surface area contributed by atoms with Gasteiger partial charge in [0.05, 0.1) is 18.3 Å². The Labute approximate surface area is 197 Å². The molecule has 0 fully saturated rings. The van der Waals surface area contributed by atoms with E-state index in [0.29, 0.717) is 24.6 Å². The van der Waals surface area contributed by atoms with Crippen molar-refractivity contribution in [2.45, 2.75) is 18.0 Å². The van der Waals surface area contributed by atoms with Gasteiger partial charge in [-0.1, -0.05) is 18.2 Å². The van der Waals surface area contributed by atoms with Crippen molar-refractivity contribution in [2.75, 3.05) is 40.1 Å². The second-order valence-electron chi connectivity index (χ2n) is 8.50. The summed E-state index contributed by atoms with van der Waals surface area (Å²) in [6.45, 7) is 0.715. The number of fused-ring (bicyclic) bond motifs is 1. The summed E-state index contributed by atoms with van der Waals surface area (Å²) in [5, 5.41) is 19.2. The normalized spacial score (nSPS) is 19.9. The predicted molar refractivity (Wildman–Crippen MR) is 132 cm³/mol. The van der Waals surface area contributed by atoms with Crippen molar-refractivity contribution >= 4 is 16.9 Å². The zero-order chi connectivity index (χ0) is 24.3. The molecule has 3 aromatic rings. The summed E-state index contributed by atoms with van der Waals surface area (Å²) in [4.78, 5) is 25.9. The maximum Gasteiger partial charge on any atom is 0.254 e. The standard InChI is InChI=1S/C24H29N7O3/c1-25-24(11-13-30(2)3)10-8-16(14-21(24)31(32)33)28-23-26-12-9-19(29-23)18-15-27-22-17(18)6-5-7-20(22)34-4/h5-10,12,14-15,21,25,27H,11,13H2,1-4H3,(H,26,28,29). The second-order valence-corrected chi connectivity index (χ2v) is 8.50. The monoisotopic (exact) mass is 463 g/mol. The number of allylic oxidation sites excluding steroid dienone is 1. The van der Waals surface area contributed by atoms with Crippen molar-refractivity contribution in [1.82, 2.24) is 25.2 Å². The van der Waals surface area contributed by atoms with Gasteiger partial charge in [0, 0.05) is 40.0 Å². The van der Waals surface area contributed by atoms with E-state index in [9.17, 15) is 10.1 Å². The number of H-pyrrole nitrogens is 1. The summed E-state index contributed by atoms with van der Waals surface area (Å²) in [5.74, 6) is 1.11. The fourth-order valence-electron chi connectivity index (χ4n) is 4.25. The number of anilines is 1. The quantitative estimate of drug-likeness (QED) is 0.327. The van der Waals surface area contributed by atoms with Gasteiger partial charge in [-0.3, -0.25) is 10.1 Å². The minimum Gasteiger partial charge on any atom is -0.495 e. The van der Waals surface area contributed by atoms with E-state index in [1.807, 2.05) is 61.6 Å². The van der Waals surface area contributed by atoms with Crippen LogP contribution >= 0.6 is 0 Å². The lowest BCUT2D eigenvalue weighted by molar-refractivity contribution is -0.519. The summed E-state index contributed by atoms with van der Waals surface area (Å²) in [7, 11) is 7.29. The van der Waals surface area contributed by atoms with Crippen molar-refractivity contribution in [3.63, 3.8) is 0 Å². The van der Waals surface area contributed by atoms with Gasteiger partial charge >= 0.3 is 0 Å². The average Bonchev–Trinajstić information content (AvgIpc) is 3.28. The molecule has 0 amide bonds. The Hall–Kier alpha value is -3.76. The molecule has 3 N–H and O–H groups in total. The third-order valence-electron chi connectivity index (χ3n) is 6.18. The molecule has 0 radical (unpaired) electrons. The van der Waals surface area contributed by atoms with Gasteiger partial charge in [-0.25, -0.2) is 9.97 Å². The van der Waals surface area contributed by atoms with Gasteiger partial charge in [-0.2, -0.15) is 0 Å². The van der Waals surface area contributed by atoms with Crippen LogP contribution in [0.2, 0.25) is 0 Å². The van der Waals surface area contributed by atoms with Crippen LogP contribution in [0.4, 0.5) is 5.95 Å². The molecule has 0 aliphatic heterocycles. The first-order chi connectivity index (χ1) is 16.4. The number of hydrogen-bond acceptors (Lipinski definition) is 8. The summed E-state index contributed by atoms with van der Waals surface area (Å²) in [6.07, 6.45) is 9.47. The van der Waals surface area contributed by atoms with E-state index in [1.54, 1.807) is 26.4 Å². The summed E-state index contributed by atoms with van der Waals surface area (Å²) >= 11 is 0. The smallest absolute Gasteiger partial charge is 0.254 e. The maximum atomic E-state index is 12.0. The largest absolute Gasteiger partial charge is 0.495 e. The van der Waals surface area contributed by atoms with E-state index < -0.39 is 11.6 Å². The lowest BCUT2D eigenvalue weighted by Gasteiger charge is -2.35. The number of ether oxygens (including phenoxy) is 1. The number of para-hydroxylation sites is 1. The first kappa shape index (κ1) is 23.4. The molecule has 10 nitrogen and oxygen atoms in total. The Morgan fingerprint density at radius 3 is 2.85 bits per heavy atom. The highest BCUT2D eigenvalue weighted by atomic mass is 16.6. The van der Waals surface area contributed by atoms with Crippen molar-refractivity contribution < 1.29 is 9.66 Å². The van der Waals surface area contributed by atoms with E-state index in [0.717, 1.165) is 27.9 Å². The number of hydrogen-bond donors (Lipinski definition) is 3. The molecule has 2 aromatic heterocycles. The Balaban J connectivity index is 1.61. The lowest BCUT2D eigenvalue weighted by atomic mass is 9.82. The number of methoxy groups -OCH3 is 1. The van der Waals surface area contributed by atoms with Gasteiger partial charge in [0.25, 0.3) is 6.04 Å². The third kappa shape index (κ3) is 4.50. The second kappa shape index (κ2) is 9.62. The number of benzene rings is 1. The van der Waals surface area contributed by atoms with Crippen molar-refractivity contribution in [1.29, 1.82) is 0 Å². The molecule has 34 heavy (non-hydrogen) atoms. The van der Waals surface area contributed by atoms with Crippen LogP contribution in [0.3, 0.4) is 0 Å². The Kier molecular flexibility index (Phi) is 6.62. The first-order valence-corrected chi connectivity index (χ1v) is 11.0. The molecular weight excluding hydrogens is 434 g/mol. The molecule has 2 unspecified atom stereocenters. The summed E-state index contributed by atoms with van der Waals surface area (Å²) in [5.41, 5.74) is 2.33. The number of nitro groups is 1. The molecule has 4 rings (SSSR count). The van der Waals surface area contributed by atoms with Gasteiger partial charge in [0.1, 0.15) is 11.3 Å². The molecule has 0 saturated heterocycles. The fourth-order valence-corrected chi connectivity index (χ4v) is 4.25. The van der Waals surface area contributed by atoms with Crippen LogP contribution in [0, 0.1) is 10.1 Å². The first-order valence-electron chi connectivity index (χ1n) is 11.0. The molecule has 2 heterocycles. The van der Waals surface area contributed by atoms with E-state index in [2.05, 4.69) is 25.6 Å². The molecule has 2 atom stereocenters. The summed E-state index contributed by atoms with van der Waals surface area (Å²) < 4.78 is 5.43. The minimum atomic E-state index is -0.936. The van der Waals surface area contributed by atoms with Gasteiger partial charge in [-0.05, 0) is 52.3 Å². The molecule has 1 aromatic carbocycles. The highest BCUT2D eigenvalue weighted by molar-refractivity contribution is 5.97. The molecule has 10 heteroatoms. The number of nitrogens with one attached hydrogen (secondary N) is 3. The Bertz CT molecular complexity index is 1250. The molecule has 1 aliphatic rings. The van der Waals surface area contributed by atoms with Crippen LogP contribution in [-0.2, 0) is 0 Å². The number of aromatic nitrogens is 3. The Morgan fingerprint density at radius 2 is 2.15 bits per heavy atom. The van der Waals surface area contributed by atoms with Crippen LogP contribution < -0.4 is 15.4 Å². The van der Waals surface area contributed by atoms with E-state index in [-0.39, 0.29) is 4.92 Å². The van der Waals surface area contributed by atoms with Crippen LogP contribution in [0.25, 0.3) is 22.2 Å². The van der Waals surface area contributed by atoms with Crippen LogP contribution in [0.1, 0.15) is 6.42 Å². The third-order valence-corrected chi connectivity index (χ3v) is 6.18. The molecule has 178 valence electrons. The molecular formula is C24H29N7O3. The van der Waals surface area contributed by atoms with Gasteiger partial charge in [0.15, 0.2) is 0 Å². The van der Waals surface area contributed by atoms with E-state index in [4.69, 9.17) is 4.74 Å². The predicted octanol–water partition coefficient (Wildman–Crippen LogP) is 3.05. The van der Waals surface area contributed by atoms with Gasteiger partial charge in [-0.15, -0.1) is 0 Å². The van der Waals surface area contributed by atoms with Crippen LogP contribution in [0.5, 0.6) is 5.75 Å². The minimum absolute atomic E-state index is 0.256. The molecule has 0 spiro atoms. The fraction of sp³-hybridized carbons (Fsp3) is 0.333. The highest BCUT2D eigenvalue weighted by Crippen LogP contribution is 2.33. The van der Waals surface area contributed by atoms with Gasteiger partial charge in [0.2, 0.25) is 5.95 Å². The lowest BCUT2D eigenvalue weighted by Crippen LogP contribution is -2.56. The number of aromatic amines is 1. The van der Waals surface area contributed by atoms with Gasteiger partial charge < -0.3 is 25.3 Å². The molecule has 1 aliphatic carbocycles. The molecule has 0 bridgehead atoms. The van der Waals surface area contributed by atoms with Crippen molar-refractivity contribution in [2.24, 2.45) is 0 Å². The summed E-state index contributed by atoms with van der Waals surface area (Å²) in [6, 6.07) is 6.71. The van der Waals surface area contributed by atoms with E-state index >= 15 is 0 Å². The zero-order valence-corrected chi connectivity index (χ0v) is 19.7.